The molecule has 0 N–H and O–H groups in total. The molecule has 0 fully saturated rings. The van der Waals surface area contributed by atoms with Gasteiger partial charge in [0.05, 0.1) is 30.4 Å². The summed E-state index contributed by atoms with van der Waals surface area (Å²) in [4.78, 5) is 24.0. The van der Waals surface area contributed by atoms with Crippen LogP contribution in [0.25, 0.3) is 0 Å². The number of carbonyl (C=O) groups excluding carboxylic acids is 2. The minimum Gasteiger partial charge on any atom is -0.465 e. The van der Waals surface area contributed by atoms with Crippen molar-refractivity contribution in [3.63, 3.8) is 0 Å². The Morgan fingerprint density at radius 3 is 2.45 bits per heavy atom. The molecular weight excluding hydrogens is 282 g/mol. The number of methoxy groups -OCH3 is 1. The summed E-state index contributed by atoms with van der Waals surface area (Å²) < 4.78 is 4.61. The van der Waals surface area contributed by atoms with Gasteiger partial charge in [0.15, 0.2) is 5.78 Å². The zero-order chi connectivity index (χ0) is 16.4. The molecule has 0 saturated carbocycles. The lowest BCUT2D eigenvalue weighted by molar-refractivity contribution is 0.0600. The predicted octanol–water partition coefficient (Wildman–Crippen LogP) is 1.84. The first-order valence-electron chi connectivity index (χ1n) is 6.19. The summed E-state index contributed by atoms with van der Waals surface area (Å²) >= 11 is 0. The maximum Gasteiger partial charge on any atom is 0.339 e. The van der Waals surface area contributed by atoms with E-state index in [9.17, 15) is 9.59 Å². The molecule has 0 aliphatic heterocycles. The van der Waals surface area contributed by atoms with Crippen LogP contribution >= 0.6 is 0 Å². The van der Waals surface area contributed by atoms with Crippen LogP contribution in [-0.4, -0.2) is 18.9 Å². The number of ether oxygens (including phenoxy) is 1. The molecule has 1 unspecified atom stereocenters. The number of nitriles is 3. The Morgan fingerprint density at radius 2 is 1.95 bits per heavy atom. The second-order valence-corrected chi connectivity index (χ2v) is 4.66. The highest BCUT2D eigenvalue weighted by Crippen LogP contribution is 2.42. The molecule has 0 amide bonds. The molecule has 1 aromatic rings. The number of hydrogen-bond acceptors (Lipinski definition) is 6. The second-order valence-electron chi connectivity index (χ2n) is 4.66. The Hall–Kier alpha value is -3.43. The van der Waals surface area contributed by atoms with E-state index in [4.69, 9.17) is 15.8 Å². The summed E-state index contributed by atoms with van der Waals surface area (Å²) in [5, 5.41) is 27.3. The highest BCUT2D eigenvalue weighted by atomic mass is 16.5. The fraction of sp³-hybridized carbons (Fsp3) is 0.188. The molecule has 0 heterocycles. The van der Waals surface area contributed by atoms with Crippen molar-refractivity contribution < 1.29 is 14.3 Å². The maximum atomic E-state index is 12.2. The number of allylic oxidation sites excluding steroid dienone is 1. The molecule has 1 aliphatic rings. The number of fused-ring (bicyclic) bond motifs is 1. The number of carbonyl (C=O) groups is 2. The van der Waals surface area contributed by atoms with Gasteiger partial charge < -0.3 is 4.74 Å². The lowest BCUT2D eigenvalue weighted by Crippen LogP contribution is -2.11. The zero-order valence-electron chi connectivity index (χ0n) is 11.6. The molecule has 1 aromatic carbocycles. The Labute approximate surface area is 126 Å². The molecular formula is C16H9N3O3. The minimum atomic E-state index is -1.10. The SMILES string of the molecule is C=C1C(=O)c2cc(C#N)c(C(=O)OC)cc2C1C(C#N)C#N. The van der Waals surface area contributed by atoms with E-state index < -0.39 is 23.6 Å². The van der Waals surface area contributed by atoms with Crippen LogP contribution in [0.15, 0.2) is 24.3 Å². The van der Waals surface area contributed by atoms with Crippen molar-refractivity contribution in [1.29, 1.82) is 15.8 Å². The number of nitrogens with zero attached hydrogens (tertiary/aromatic N) is 3. The van der Waals surface area contributed by atoms with E-state index in [1.165, 1.54) is 19.2 Å². The number of Topliss-reactive ketones (excluding diaryl/α,β-unsaturated/α-hetero) is 1. The first-order chi connectivity index (χ1) is 10.5. The monoisotopic (exact) mass is 291 g/mol. The normalized spacial score (nSPS) is 15.7. The van der Waals surface area contributed by atoms with Crippen LogP contribution in [0.1, 0.15) is 37.8 Å². The predicted molar refractivity (Wildman–Crippen MR) is 73.4 cm³/mol. The van der Waals surface area contributed by atoms with E-state index in [2.05, 4.69) is 11.3 Å². The molecule has 0 spiro atoms. The average Bonchev–Trinajstić information content (AvgIpc) is 2.79. The van der Waals surface area contributed by atoms with Gasteiger partial charge in [-0.3, -0.25) is 4.79 Å². The minimum absolute atomic E-state index is 0.00198. The number of ketones is 1. The van der Waals surface area contributed by atoms with Gasteiger partial charge >= 0.3 is 5.97 Å². The van der Waals surface area contributed by atoms with Gasteiger partial charge in [-0.2, -0.15) is 15.8 Å². The third kappa shape index (κ3) is 2.02. The number of esters is 1. The zero-order valence-corrected chi connectivity index (χ0v) is 11.6. The standard InChI is InChI=1S/C16H9N3O3/c1-8-14(10(6-18)7-19)12-4-11(16(21)22-2)9(5-17)3-13(12)15(8)20/h3-4,10,14H,1H2,2H3. The lowest BCUT2D eigenvalue weighted by Gasteiger charge is -2.13. The fourth-order valence-corrected chi connectivity index (χ4v) is 2.50. The number of hydrogen-bond donors (Lipinski definition) is 0. The quantitative estimate of drug-likeness (QED) is 0.606. The highest BCUT2D eigenvalue weighted by molar-refractivity contribution is 6.15. The summed E-state index contributed by atoms with van der Waals surface area (Å²) in [7, 11) is 1.17. The smallest absolute Gasteiger partial charge is 0.339 e. The number of rotatable bonds is 2. The van der Waals surface area contributed by atoms with Gasteiger partial charge in [-0.25, -0.2) is 4.79 Å². The van der Waals surface area contributed by atoms with Gasteiger partial charge in [-0.1, -0.05) is 6.58 Å². The van der Waals surface area contributed by atoms with Crippen LogP contribution in [0.5, 0.6) is 0 Å². The van der Waals surface area contributed by atoms with Crippen molar-refractivity contribution in [2.75, 3.05) is 7.11 Å². The van der Waals surface area contributed by atoms with Crippen LogP contribution in [0.3, 0.4) is 0 Å². The average molecular weight is 291 g/mol. The van der Waals surface area contributed by atoms with Gasteiger partial charge in [-0.05, 0) is 17.7 Å². The molecule has 6 nitrogen and oxygen atoms in total. The van der Waals surface area contributed by atoms with Gasteiger partial charge in [0.2, 0.25) is 0 Å². The third-order valence-electron chi connectivity index (χ3n) is 3.57. The molecule has 22 heavy (non-hydrogen) atoms. The van der Waals surface area contributed by atoms with Crippen molar-refractivity contribution in [2.24, 2.45) is 5.92 Å². The van der Waals surface area contributed by atoms with Crippen LogP contribution in [0.2, 0.25) is 0 Å². The Balaban J connectivity index is 2.74. The fourth-order valence-electron chi connectivity index (χ4n) is 2.50. The van der Waals surface area contributed by atoms with Gasteiger partial charge in [-0.15, -0.1) is 0 Å². The van der Waals surface area contributed by atoms with Crippen LogP contribution in [0, 0.1) is 39.9 Å². The van der Waals surface area contributed by atoms with E-state index in [1.54, 1.807) is 0 Å². The van der Waals surface area contributed by atoms with E-state index in [0.717, 1.165) is 0 Å². The van der Waals surface area contributed by atoms with Crippen molar-refractivity contribution in [2.45, 2.75) is 5.92 Å². The van der Waals surface area contributed by atoms with E-state index >= 15 is 0 Å². The van der Waals surface area contributed by atoms with Gasteiger partial charge in [0, 0.05) is 17.1 Å². The Morgan fingerprint density at radius 1 is 1.32 bits per heavy atom. The highest BCUT2D eigenvalue weighted by Gasteiger charge is 2.40. The Kier molecular flexibility index (Phi) is 3.75. The molecule has 0 aromatic heterocycles. The van der Waals surface area contributed by atoms with Crippen molar-refractivity contribution in [3.8, 4) is 18.2 Å². The molecule has 1 atom stereocenters. The van der Waals surface area contributed by atoms with Crippen molar-refractivity contribution in [1.82, 2.24) is 0 Å². The molecule has 1 aliphatic carbocycles. The van der Waals surface area contributed by atoms with Gasteiger partial charge in [0.25, 0.3) is 0 Å². The first-order valence-corrected chi connectivity index (χ1v) is 6.19. The summed E-state index contributed by atoms with van der Waals surface area (Å²) in [5.74, 6) is -3.07. The van der Waals surface area contributed by atoms with E-state index in [-0.39, 0.29) is 22.3 Å². The van der Waals surface area contributed by atoms with Crippen LogP contribution in [-0.2, 0) is 4.74 Å². The summed E-state index contributed by atoms with van der Waals surface area (Å²) in [6.07, 6.45) is 0. The molecule has 0 bridgehead atoms. The largest absolute Gasteiger partial charge is 0.465 e. The topological polar surface area (TPSA) is 115 Å². The van der Waals surface area contributed by atoms with E-state index in [1.807, 2.05) is 18.2 Å². The van der Waals surface area contributed by atoms with Crippen molar-refractivity contribution >= 4 is 11.8 Å². The van der Waals surface area contributed by atoms with Crippen LogP contribution < -0.4 is 0 Å². The summed E-state index contributed by atoms with van der Waals surface area (Å²) in [5.41, 5.74) is 0.634. The Bertz CT molecular complexity index is 820. The van der Waals surface area contributed by atoms with Crippen LogP contribution in [0.4, 0.5) is 0 Å². The maximum absolute atomic E-state index is 12.2. The van der Waals surface area contributed by atoms with Crippen molar-refractivity contribution in [3.05, 3.63) is 46.5 Å². The molecule has 0 radical (unpaired) electrons. The molecule has 106 valence electrons. The second kappa shape index (κ2) is 5.52. The summed E-state index contributed by atoms with van der Waals surface area (Å²) in [6, 6.07) is 8.09. The summed E-state index contributed by atoms with van der Waals surface area (Å²) in [6.45, 7) is 3.65. The lowest BCUT2D eigenvalue weighted by atomic mass is 9.86. The third-order valence-corrected chi connectivity index (χ3v) is 3.57. The number of benzene rings is 1. The molecule has 6 heteroatoms. The molecule has 0 saturated heterocycles. The van der Waals surface area contributed by atoms with E-state index in [0.29, 0.717) is 5.56 Å². The first kappa shape index (κ1) is 15.0. The molecule has 2 rings (SSSR count). The van der Waals surface area contributed by atoms with Gasteiger partial charge in [0.1, 0.15) is 12.0 Å².